The van der Waals surface area contributed by atoms with Gasteiger partial charge in [0.05, 0.1) is 42.1 Å². The maximum absolute atomic E-state index is 12.3. The summed E-state index contributed by atoms with van der Waals surface area (Å²) in [7, 11) is -16.9. The average Bonchev–Trinajstić information content (AvgIpc) is 3.59. The number of carbonyl (C=O) groups is 1. The fourth-order valence-electron chi connectivity index (χ4n) is 4.47. The first-order valence-electron chi connectivity index (χ1n) is 13.7. The van der Waals surface area contributed by atoms with Gasteiger partial charge in [-0.15, -0.1) is 0 Å². The van der Waals surface area contributed by atoms with Crippen LogP contribution in [0.5, 0.6) is 0 Å². The van der Waals surface area contributed by atoms with Crippen molar-refractivity contribution >= 4 is 52.0 Å². The summed E-state index contributed by atoms with van der Waals surface area (Å²) in [6, 6.07) is 3.04. The number of phosphoric acid groups is 3. The first-order valence-corrected chi connectivity index (χ1v) is 18.3. The van der Waals surface area contributed by atoms with Gasteiger partial charge in [-0.05, 0) is 19.1 Å². The van der Waals surface area contributed by atoms with Crippen LogP contribution < -0.4 is 10.6 Å². The number of carbonyl (C=O) groups excluding carboxylic acids is 1. The van der Waals surface area contributed by atoms with Gasteiger partial charge in [-0.3, -0.25) is 24.0 Å². The van der Waals surface area contributed by atoms with Crippen LogP contribution in [0.2, 0.25) is 0 Å². The van der Waals surface area contributed by atoms with Crippen LogP contribution in [0.4, 0.5) is 24.7 Å². The summed E-state index contributed by atoms with van der Waals surface area (Å²) in [5, 5.41) is 26.9. The maximum atomic E-state index is 12.3. The molecule has 2 aromatic heterocycles. The van der Waals surface area contributed by atoms with E-state index in [0.29, 0.717) is 0 Å². The summed E-state index contributed by atoms with van der Waals surface area (Å²) in [5.41, 5.74) is 0.130. The molecule has 4 rings (SSSR count). The number of benzene rings is 1. The van der Waals surface area contributed by atoms with Crippen LogP contribution in [0.25, 0.3) is 11.2 Å². The third-order valence-electron chi connectivity index (χ3n) is 6.57. The van der Waals surface area contributed by atoms with Gasteiger partial charge >= 0.3 is 35.6 Å². The molecule has 51 heavy (non-hydrogen) atoms. The molecule has 3 aromatic rings. The van der Waals surface area contributed by atoms with Gasteiger partial charge in [-0.2, -0.15) is 21.8 Å². The van der Waals surface area contributed by atoms with Gasteiger partial charge < -0.3 is 40.1 Å². The Morgan fingerprint density at radius 1 is 1.18 bits per heavy atom. The van der Waals surface area contributed by atoms with Crippen molar-refractivity contribution in [3.63, 3.8) is 0 Å². The molecule has 0 saturated carbocycles. The Labute approximate surface area is 282 Å². The van der Waals surface area contributed by atoms with Gasteiger partial charge in [0.25, 0.3) is 5.69 Å². The number of nitrogens with one attached hydrogen (secondary N) is 2. The zero-order valence-corrected chi connectivity index (χ0v) is 28.0. The second-order valence-electron chi connectivity index (χ2n) is 10.2. The lowest BCUT2D eigenvalue weighted by Gasteiger charge is -2.19. The third kappa shape index (κ3) is 10.8. The number of rotatable bonds is 13. The van der Waals surface area contributed by atoms with E-state index < -0.39 is 83.8 Å². The summed E-state index contributed by atoms with van der Waals surface area (Å²) in [5.74, 6) is 2.64. The smallest absolute Gasteiger partial charge is 0.390 e. The van der Waals surface area contributed by atoms with E-state index in [1.165, 1.54) is 23.0 Å². The molecule has 0 spiro atoms. The Balaban J connectivity index is 1.44. The van der Waals surface area contributed by atoms with Gasteiger partial charge in [0.1, 0.15) is 18.7 Å². The Morgan fingerprint density at radius 2 is 1.88 bits per heavy atom. The molecule has 1 fully saturated rings. The van der Waals surface area contributed by atoms with Gasteiger partial charge in [0.2, 0.25) is 0 Å². The van der Waals surface area contributed by atoms with E-state index in [2.05, 4.69) is 45.3 Å². The fourth-order valence-corrected chi connectivity index (χ4v) is 7.50. The van der Waals surface area contributed by atoms with Crippen LogP contribution in [-0.2, 0) is 36.4 Å². The molecule has 1 aromatic carbocycles. The van der Waals surface area contributed by atoms with Crippen molar-refractivity contribution in [3.8, 4) is 11.8 Å². The Morgan fingerprint density at radius 3 is 2.53 bits per heavy atom. The quantitative estimate of drug-likeness (QED) is 0.0563. The number of hydrogen-bond acceptors (Lipinski definition) is 15. The number of alkyl halides is 3. The number of hydrogen-bond donors (Lipinski definition) is 7. The molecule has 6 atom stereocenters. The minimum atomic E-state index is -5.76. The number of nitro groups is 1. The van der Waals surface area contributed by atoms with E-state index in [1.807, 2.05) is 0 Å². The SMILES string of the molecule is CC(Nc1ncnc2c1ncn2[C@H]1C[C@H](O)[C@@H](COP(=O)(O)OP(=O)(O)OP(=O)(O)O)O1)c1ccc(C#CCNC(=O)C(F)(F)F)cc1[N+](=O)[O-]. The number of ether oxygens (including phenoxy) is 1. The maximum Gasteiger partial charge on any atom is 0.490 e. The molecule has 1 aliphatic rings. The molecule has 278 valence electrons. The summed E-state index contributed by atoms with van der Waals surface area (Å²) in [6.45, 7) is -0.00919. The monoisotopic (exact) mass is 789 g/mol. The number of amides is 1. The van der Waals surface area contributed by atoms with E-state index in [-0.39, 0.29) is 34.5 Å². The lowest BCUT2D eigenvalue weighted by molar-refractivity contribution is -0.385. The Bertz CT molecular complexity index is 2020. The minimum Gasteiger partial charge on any atom is -0.390 e. The predicted octanol–water partition coefficient (Wildman–Crippen LogP) is 1.93. The van der Waals surface area contributed by atoms with E-state index in [0.717, 1.165) is 12.4 Å². The first kappa shape index (κ1) is 39.9. The summed E-state index contributed by atoms with van der Waals surface area (Å²) in [6.07, 6.45) is -6.59. The largest absolute Gasteiger partial charge is 0.490 e. The molecular weight excluding hydrogens is 764 g/mol. The normalized spacial score (nSPS) is 20.8. The number of nitro benzene ring substituents is 1. The van der Waals surface area contributed by atoms with Crippen molar-refractivity contribution in [2.45, 2.75) is 44.0 Å². The zero-order valence-electron chi connectivity index (χ0n) is 25.3. The van der Waals surface area contributed by atoms with Crippen LogP contribution in [0, 0.1) is 22.0 Å². The average molecular weight is 789 g/mol. The van der Waals surface area contributed by atoms with Crippen molar-refractivity contribution in [1.29, 1.82) is 0 Å². The number of aliphatic hydroxyl groups is 1. The Kier molecular flexibility index (Phi) is 12.0. The number of nitrogens with zero attached hydrogens (tertiary/aromatic N) is 5. The molecule has 0 radical (unpaired) electrons. The molecule has 1 aliphatic heterocycles. The van der Waals surface area contributed by atoms with E-state index in [9.17, 15) is 56.7 Å². The van der Waals surface area contributed by atoms with Gasteiger partial charge in [0.15, 0.2) is 17.0 Å². The fraction of sp³-hybridized carbons (Fsp3) is 0.391. The number of imidazole rings is 1. The highest BCUT2D eigenvalue weighted by atomic mass is 31.3. The molecule has 22 nitrogen and oxygen atoms in total. The van der Waals surface area contributed by atoms with Crippen LogP contribution in [0.3, 0.4) is 0 Å². The molecular formula is C23H25F3N7O15P3. The number of aromatic nitrogens is 4. The van der Waals surface area contributed by atoms with Crippen molar-refractivity contribution in [2.24, 2.45) is 0 Å². The van der Waals surface area contributed by atoms with E-state index in [4.69, 9.17) is 14.5 Å². The third-order valence-corrected chi connectivity index (χ3v) is 10.4. The number of anilines is 1. The standard InChI is InChI=1S/C23H25F3N7O15P3/c1-12(14-5-4-13(7-15(14)33(36)37)3-2-6-27-22(35)23(24,25)26)31-20-19-21(29-10-28-20)32(11-30-19)18-8-16(34)17(46-18)9-45-50(41,42)48-51(43,44)47-49(38,39)40/h4-5,7,10-12,16-18,34H,6,8-9H2,1H3,(H,27,35)(H,41,42)(H,43,44)(H,28,29,31)(H2,38,39,40)/t12?,16-,17+,18+/m0/s1. The molecule has 1 saturated heterocycles. The topological polar surface area (TPSA) is 317 Å². The number of halogens is 3. The molecule has 3 heterocycles. The molecule has 3 unspecified atom stereocenters. The predicted molar refractivity (Wildman–Crippen MR) is 161 cm³/mol. The van der Waals surface area contributed by atoms with Gasteiger partial charge in [-0.25, -0.2) is 28.6 Å². The molecule has 0 bridgehead atoms. The lowest BCUT2D eigenvalue weighted by Crippen LogP contribution is -2.36. The lowest BCUT2D eigenvalue weighted by atomic mass is 10.0. The van der Waals surface area contributed by atoms with E-state index >= 15 is 0 Å². The highest BCUT2D eigenvalue weighted by molar-refractivity contribution is 7.66. The first-order chi connectivity index (χ1) is 23.6. The van der Waals surface area contributed by atoms with Crippen LogP contribution in [0.15, 0.2) is 30.9 Å². The Hall–Kier alpha value is -3.88. The van der Waals surface area contributed by atoms with E-state index in [1.54, 1.807) is 12.2 Å². The molecule has 28 heteroatoms. The van der Waals surface area contributed by atoms with Crippen LogP contribution >= 0.6 is 23.5 Å². The minimum absolute atomic E-state index is 0.0844. The number of aliphatic hydroxyl groups excluding tert-OH is 1. The summed E-state index contributed by atoms with van der Waals surface area (Å²) >= 11 is 0. The highest BCUT2D eigenvalue weighted by Crippen LogP contribution is 2.66. The van der Waals surface area contributed by atoms with Crippen LogP contribution in [-0.4, -0.2) is 86.6 Å². The second kappa shape index (κ2) is 15.4. The number of fused-ring (bicyclic) bond motifs is 1. The molecule has 7 N–H and O–H groups in total. The van der Waals surface area contributed by atoms with Gasteiger partial charge in [0, 0.05) is 18.1 Å². The van der Waals surface area contributed by atoms with Gasteiger partial charge in [-0.1, -0.05) is 11.8 Å². The summed E-state index contributed by atoms with van der Waals surface area (Å²) < 4.78 is 90.1. The zero-order chi connectivity index (χ0) is 37.9. The highest BCUT2D eigenvalue weighted by Gasteiger charge is 2.43. The van der Waals surface area contributed by atoms with Crippen molar-refractivity contribution in [1.82, 2.24) is 24.8 Å². The molecule has 0 aliphatic carbocycles. The van der Waals surface area contributed by atoms with Crippen LogP contribution in [0.1, 0.15) is 36.7 Å². The number of phosphoric ester groups is 1. The molecule has 1 amide bonds. The summed E-state index contributed by atoms with van der Waals surface area (Å²) in [4.78, 5) is 70.8. The van der Waals surface area contributed by atoms with Crippen molar-refractivity contribution in [2.75, 3.05) is 18.5 Å². The second-order valence-corrected chi connectivity index (χ2v) is 14.7. The van der Waals surface area contributed by atoms with Crippen molar-refractivity contribution < 1.29 is 79.1 Å². The van der Waals surface area contributed by atoms with Crippen molar-refractivity contribution in [3.05, 3.63) is 52.1 Å².